The smallest absolute Gasteiger partial charge is 0.297 e. The number of pyridine rings is 2. The zero-order valence-electron chi connectivity index (χ0n) is 50.2. The van der Waals surface area contributed by atoms with E-state index in [1.54, 1.807) is 14.9 Å². The first-order chi connectivity index (χ1) is 42.0. The average Bonchev–Trinajstić information content (AvgIpc) is 1.13. The van der Waals surface area contributed by atoms with Gasteiger partial charge in [0.15, 0.2) is 5.52 Å². The zero-order chi connectivity index (χ0) is 59.2. The molecule has 0 aliphatic rings. The third kappa shape index (κ3) is 10.3. The Balaban J connectivity index is 0.830. The summed E-state index contributed by atoms with van der Waals surface area (Å²) in [6.07, 6.45) is 25.1. The Labute approximate surface area is 500 Å². The number of aromatic nitrogens is 4. The minimum atomic E-state index is -0.409. The Morgan fingerprint density at radius 1 is 0.430 bits per heavy atom. The van der Waals surface area contributed by atoms with Crippen molar-refractivity contribution >= 4 is 109 Å². The van der Waals surface area contributed by atoms with E-state index in [-0.39, 0.29) is 22.3 Å². The molecule has 12 nitrogen and oxygen atoms in total. The number of nitrogens with two attached hydrogens (primary N) is 1. The fraction of sp³-hybridized carbons (Fsp3) is 0.351. The quantitative estimate of drug-likeness (QED) is 0.0132. The highest BCUT2D eigenvalue weighted by molar-refractivity contribution is 6.40. The lowest BCUT2D eigenvalue weighted by Gasteiger charge is -2.18. The highest BCUT2D eigenvalue weighted by atomic mass is 16.6. The molecule has 12 heteroatoms. The minimum Gasteiger partial charge on any atom is -0.494 e. The number of imidazole rings is 2. The molecule has 13 rings (SSSR count). The number of unbranched alkanes of at least 4 members (excludes halogenated alkanes) is 18. The number of anilines is 1. The fourth-order valence-electron chi connectivity index (χ4n) is 14.0. The Kier molecular flexibility index (Phi) is 15.8. The SMILES string of the molecule is CCCCCCCCCCCCOc1cc(C)cc(-c2cc(N)c3nc4c5ccc6c7ccc8c9c(ccc(c%10ccc(c(=O)n4c3c2)c5c%106)c79)c(=O)n2c3cc(-c4cc(C)cc(OCCCCCCCCCCCC)c4)cc([N+](=O)[O-])c3nc82)c1. The molecule has 0 spiro atoms. The molecule has 0 aliphatic carbocycles. The second-order valence-electron chi connectivity index (χ2n) is 24.5. The molecule has 0 saturated carbocycles. The number of aryl methyl sites for hydroxylation is 2. The van der Waals surface area contributed by atoms with E-state index >= 15 is 9.59 Å². The predicted molar refractivity (Wildman–Crippen MR) is 356 cm³/mol. The van der Waals surface area contributed by atoms with Crippen LogP contribution in [0.15, 0.2) is 119 Å². The molecule has 0 radical (unpaired) electrons. The van der Waals surface area contributed by atoms with E-state index in [0.29, 0.717) is 74.2 Å². The first-order valence-electron chi connectivity index (χ1n) is 31.8. The molecule has 0 amide bonds. The number of hydrogen-bond donors (Lipinski definition) is 1. The average molecular weight is 1150 g/mol. The molecule has 4 aromatic heterocycles. The van der Waals surface area contributed by atoms with Gasteiger partial charge in [0.2, 0.25) is 0 Å². The molecule has 438 valence electrons. The topological polar surface area (TPSA) is 156 Å². The van der Waals surface area contributed by atoms with Crippen LogP contribution in [-0.2, 0) is 0 Å². The predicted octanol–water partition coefficient (Wildman–Crippen LogP) is 19.3. The number of ether oxygens (including phenoxy) is 2. The molecule has 4 heterocycles. The van der Waals surface area contributed by atoms with E-state index in [0.717, 1.165) is 108 Å². The van der Waals surface area contributed by atoms with Crippen LogP contribution in [-0.4, -0.2) is 36.9 Å². The van der Waals surface area contributed by atoms with Gasteiger partial charge in [-0.15, -0.1) is 0 Å². The van der Waals surface area contributed by atoms with Crippen molar-refractivity contribution in [2.24, 2.45) is 0 Å². The molecule has 0 unspecified atom stereocenters. The van der Waals surface area contributed by atoms with Crippen LogP contribution in [0.2, 0.25) is 0 Å². The molecule has 13 aromatic rings. The summed E-state index contributed by atoms with van der Waals surface area (Å²) in [4.78, 5) is 53.0. The van der Waals surface area contributed by atoms with Crippen molar-refractivity contribution in [3.05, 3.63) is 151 Å². The Morgan fingerprint density at radius 2 is 0.779 bits per heavy atom. The number of hydrogen-bond acceptors (Lipinski definition) is 9. The molecule has 0 aliphatic heterocycles. The van der Waals surface area contributed by atoms with Crippen LogP contribution in [0.4, 0.5) is 11.4 Å². The largest absolute Gasteiger partial charge is 0.494 e. The summed E-state index contributed by atoms with van der Waals surface area (Å²) in [5.74, 6) is 1.52. The van der Waals surface area contributed by atoms with E-state index in [1.807, 2.05) is 73.7 Å². The number of non-ortho nitro benzene ring substituents is 1. The molecule has 0 fully saturated rings. The highest BCUT2D eigenvalue weighted by Gasteiger charge is 2.27. The van der Waals surface area contributed by atoms with Gasteiger partial charge in [-0.1, -0.05) is 166 Å². The summed E-state index contributed by atoms with van der Waals surface area (Å²) in [6, 6.07) is 35.5. The van der Waals surface area contributed by atoms with Crippen molar-refractivity contribution < 1.29 is 14.4 Å². The van der Waals surface area contributed by atoms with Gasteiger partial charge in [0.25, 0.3) is 16.8 Å². The number of nitro benzene ring substituents is 1. The van der Waals surface area contributed by atoms with Crippen LogP contribution in [0, 0.1) is 24.0 Å². The van der Waals surface area contributed by atoms with E-state index in [2.05, 4.69) is 57.2 Å². The van der Waals surface area contributed by atoms with Crippen LogP contribution < -0.4 is 26.3 Å². The second-order valence-corrected chi connectivity index (χ2v) is 24.5. The molecule has 0 atom stereocenters. The van der Waals surface area contributed by atoms with Gasteiger partial charge in [-0.05, 0) is 159 Å². The fourth-order valence-corrected chi connectivity index (χ4v) is 14.0. The maximum Gasteiger partial charge on any atom is 0.297 e. The number of rotatable bonds is 27. The Morgan fingerprint density at radius 3 is 1.21 bits per heavy atom. The first-order valence-corrected chi connectivity index (χ1v) is 31.8. The first kappa shape index (κ1) is 56.5. The van der Waals surface area contributed by atoms with Crippen LogP contribution >= 0.6 is 0 Å². The summed E-state index contributed by atoms with van der Waals surface area (Å²) in [5, 5.41) is 22.6. The highest BCUT2D eigenvalue weighted by Crippen LogP contribution is 2.47. The minimum absolute atomic E-state index is 0.145. The van der Waals surface area contributed by atoms with Crippen molar-refractivity contribution in [3.8, 4) is 33.8 Å². The van der Waals surface area contributed by atoms with Crippen LogP contribution in [0.25, 0.3) is 120 Å². The normalized spacial score (nSPS) is 12.3. The monoisotopic (exact) mass is 1140 g/mol. The van der Waals surface area contributed by atoms with Gasteiger partial charge < -0.3 is 15.2 Å². The third-order valence-electron chi connectivity index (χ3n) is 18.3. The number of benzene rings is 9. The number of fused-ring (bicyclic) bond motifs is 10. The molecular weight excluding hydrogens is 1070 g/mol. The molecule has 2 N–H and O–H groups in total. The van der Waals surface area contributed by atoms with Crippen molar-refractivity contribution in [1.29, 1.82) is 0 Å². The van der Waals surface area contributed by atoms with E-state index in [4.69, 9.17) is 25.2 Å². The summed E-state index contributed by atoms with van der Waals surface area (Å²) < 4.78 is 15.9. The number of nitrogen functional groups attached to an aromatic ring is 1. The maximum absolute atomic E-state index is 15.2. The summed E-state index contributed by atoms with van der Waals surface area (Å²) in [7, 11) is 0. The summed E-state index contributed by atoms with van der Waals surface area (Å²) in [5.41, 5.74) is 14.5. The van der Waals surface area contributed by atoms with Gasteiger partial charge >= 0.3 is 0 Å². The summed E-state index contributed by atoms with van der Waals surface area (Å²) >= 11 is 0. The standard InChI is InChI=1S/C74H76N6O6/c1-5-7-9-11-13-15-17-19-21-23-33-85-51-37-45(3)35-47(39-51)49-41-61(75)69-62(42-49)78-71(76-69)57-29-25-53-54-26-30-58-68-60(32-28-56(66(54)68)55-27-31-59(73(78)81)67(57)65(53)55)74(82)79-63-43-50(44-64(80(83)84)70(63)77-72(58)79)48-36-46(4)38-52(40-48)86-34-24-22-20-18-16-14-12-10-8-6-2/h25-32,35-44H,5-24,33-34,75H2,1-4H3. The van der Waals surface area contributed by atoms with Crippen molar-refractivity contribution in [2.75, 3.05) is 18.9 Å². The Hall–Kier alpha value is -8.64. The van der Waals surface area contributed by atoms with Crippen molar-refractivity contribution in [3.63, 3.8) is 0 Å². The second kappa shape index (κ2) is 24.0. The van der Waals surface area contributed by atoms with E-state index < -0.39 is 4.92 Å². The number of nitrogens with zero attached hydrogens (tertiary/aromatic N) is 5. The van der Waals surface area contributed by atoms with Crippen LogP contribution in [0.3, 0.4) is 0 Å². The van der Waals surface area contributed by atoms with Crippen molar-refractivity contribution in [1.82, 2.24) is 18.8 Å². The zero-order valence-corrected chi connectivity index (χ0v) is 50.2. The van der Waals surface area contributed by atoms with Crippen LogP contribution in [0.5, 0.6) is 11.5 Å². The molecule has 9 aromatic carbocycles. The third-order valence-corrected chi connectivity index (χ3v) is 18.3. The van der Waals surface area contributed by atoms with Gasteiger partial charge in [0.05, 0.1) is 34.9 Å². The number of nitro groups is 1. The van der Waals surface area contributed by atoms with Gasteiger partial charge in [-0.2, -0.15) is 0 Å². The molecule has 0 saturated heterocycles. The molecule has 0 bridgehead atoms. The lowest BCUT2D eigenvalue weighted by Crippen LogP contribution is -2.14. The lowest BCUT2D eigenvalue weighted by atomic mass is 9.86. The van der Waals surface area contributed by atoms with E-state index in [9.17, 15) is 10.1 Å². The lowest BCUT2D eigenvalue weighted by molar-refractivity contribution is -0.383. The summed E-state index contributed by atoms with van der Waals surface area (Å²) in [6.45, 7) is 9.83. The van der Waals surface area contributed by atoms with E-state index in [1.165, 1.54) is 103 Å². The van der Waals surface area contributed by atoms with Gasteiger partial charge in [-0.25, -0.2) is 9.97 Å². The van der Waals surface area contributed by atoms with Gasteiger partial charge in [0.1, 0.15) is 28.3 Å². The van der Waals surface area contributed by atoms with Gasteiger partial charge in [0, 0.05) is 38.4 Å². The van der Waals surface area contributed by atoms with Crippen LogP contribution in [0.1, 0.15) is 153 Å². The van der Waals surface area contributed by atoms with Crippen molar-refractivity contribution in [2.45, 2.75) is 156 Å². The Bertz CT molecular complexity index is 4810. The molecule has 86 heavy (non-hydrogen) atoms. The maximum atomic E-state index is 15.2. The molecular formula is C74H76N6O6. The van der Waals surface area contributed by atoms with Gasteiger partial charge in [-0.3, -0.25) is 28.5 Å².